The summed E-state index contributed by atoms with van der Waals surface area (Å²) in [6.07, 6.45) is 5.36. The highest BCUT2D eigenvalue weighted by Gasteiger charge is 2.35. The van der Waals surface area contributed by atoms with Crippen LogP contribution < -0.4 is 19.1 Å². The van der Waals surface area contributed by atoms with Gasteiger partial charge < -0.3 is 19.7 Å². The molecule has 11 heteroatoms. The summed E-state index contributed by atoms with van der Waals surface area (Å²) >= 11 is 6.13. The van der Waals surface area contributed by atoms with Gasteiger partial charge in [-0.1, -0.05) is 67.6 Å². The number of ether oxygens (including phenoxy) is 2. The topological polar surface area (TPSA) is 105 Å². The second kappa shape index (κ2) is 15.5. The van der Waals surface area contributed by atoms with E-state index in [-0.39, 0.29) is 34.8 Å². The first-order chi connectivity index (χ1) is 21.6. The molecule has 3 aromatic carbocycles. The molecule has 2 amide bonds. The van der Waals surface area contributed by atoms with Crippen molar-refractivity contribution in [3.8, 4) is 11.5 Å². The number of nitrogens with one attached hydrogen (secondary N) is 1. The summed E-state index contributed by atoms with van der Waals surface area (Å²) in [5.74, 6) is -0.168. The summed E-state index contributed by atoms with van der Waals surface area (Å²) in [5.41, 5.74) is 1.78. The van der Waals surface area contributed by atoms with Crippen molar-refractivity contribution >= 4 is 39.1 Å². The van der Waals surface area contributed by atoms with E-state index in [0.29, 0.717) is 17.2 Å². The average molecular weight is 656 g/mol. The summed E-state index contributed by atoms with van der Waals surface area (Å²) in [5, 5.41) is 3.70. The third-order valence-electron chi connectivity index (χ3n) is 8.15. The fourth-order valence-electron chi connectivity index (χ4n) is 5.59. The molecule has 0 saturated heterocycles. The first-order valence-corrected chi connectivity index (χ1v) is 17.0. The average Bonchev–Trinajstić information content (AvgIpc) is 3.04. The molecule has 0 radical (unpaired) electrons. The number of benzene rings is 3. The van der Waals surface area contributed by atoms with Crippen LogP contribution in [0.4, 0.5) is 5.69 Å². The van der Waals surface area contributed by atoms with Crippen molar-refractivity contribution in [2.24, 2.45) is 0 Å². The maximum Gasteiger partial charge on any atom is 0.264 e. The number of anilines is 1. The van der Waals surface area contributed by atoms with Gasteiger partial charge in [0.1, 0.15) is 24.1 Å². The normalized spacial score (nSPS) is 14.3. The zero-order valence-electron chi connectivity index (χ0n) is 26.3. The highest BCUT2D eigenvalue weighted by Crippen LogP contribution is 2.36. The number of methoxy groups -OCH3 is 2. The molecule has 1 aliphatic rings. The van der Waals surface area contributed by atoms with Crippen molar-refractivity contribution in [2.75, 3.05) is 25.1 Å². The number of carbonyl (C=O) groups excluding carboxylic acids is 2. The lowest BCUT2D eigenvalue weighted by molar-refractivity contribution is -0.140. The van der Waals surface area contributed by atoms with Gasteiger partial charge in [0.15, 0.2) is 0 Å². The summed E-state index contributed by atoms with van der Waals surface area (Å²) in [6, 6.07) is 17.4. The number of hydrogen-bond donors (Lipinski definition) is 1. The minimum atomic E-state index is -4.28. The predicted molar refractivity (Wildman–Crippen MR) is 176 cm³/mol. The lowest BCUT2D eigenvalue weighted by Gasteiger charge is -2.34. The van der Waals surface area contributed by atoms with E-state index in [1.165, 1.54) is 37.3 Å². The Morgan fingerprint density at radius 3 is 2.22 bits per heavy atom. The summed E-state index contributed by atoms with van der Waals surface area (Å²) in [6.45, 7) is 3.21. The van der Waals surface area contributed by atoms with Gasteiger partial charge in [0.2, 0.25) is 11.8 Å². The first-order valence-electron chi connectivity index (χ1n) is 15.2. The Balaban J connectivity index is 1.77. The molecule has 242 valence electrons. The quantitative estimate of drug-likeness (QED) is 0.238. The highest BCUT2D eigenvalue weighted by atomic mass is 35.5. The SMILES string of the molecule is CC[C@H](C(=O)NC1CCCCC1)N(Cc1ccc(Cl)cc1)C(=O)CN(c1cc(OC)ccc1OC)S(=O)(=O)c1ccc(C)cc1. The second-order valence-electron chi connectivity index (χ2n) is 11.3. The van der Waals surface area contributed by atoms with Gasteiger partial charge in [-0.15, -0.1) is 0 Å². The number of carbonyl (C=O) groups is 2. The summed E-state index contributed by atoms with van der Waals surface area (Å²) < 4.78 is 40.5. The van der Waals surface area contributed by atoms with Crippen molar-refractivity contribution in [1.82, 2.24) is 10.2 Å². The fourth-order valence-corrected chi connectivity index (χ4v) is 7.14. The summed E-state index contributed by atoms with van der Waals surface area (Å²) in [7, 11) is -1.38. The zero-order valence-corrected chi connectivity index (χ0v) is 27.9. The number of aryl methyl sites for hydroxylation is 1. The van der Waals surface area contributed by atoms with E-state index in [1.807, 2.05) is 13.8 Å². The van der Waals surface area contributed by atoms with Crippen LogP contribution >= 0.6 is 11.6 Å². The Bertz CT molecular complexity index is 1560. The Hall–Kier alpha value is -3.76. The van der Waals surface area contributed by atoms with Gasteiger partial charge in [-0.3, -0.25) is 13.9 Å². The van der Waals surface area contributed by atoms with Crippen LogP contribution in [0.25, 0.3) is 0 Å². The Labute approximate surface area is 271 Å². The van der Waals surface area contributed by atoms with Gasteiger partial charge in [-0.25, -0.2) is 8.42 Å². The van der Waals surface area contributed by atoms with E-state index < -0.39 is 28.5 Å². The van der Waals surface area contributed by atoms with Crippen molar-refractivity contribution in [2.45, 2.75) is 75.9 Å². The van der Waals surface area contributed by atoms with Crippen LogP contribution in [-0.4, -0.2) is 58.0 Å². The van der Waals surface area contributed by atoms with E-state index in [0.717, 1.165) is 47.5 Å². The van der Waals surface area contributed by atoms with Crippen LogP contribution in [0.15, 0.2) is 71.6 Å². The van der Waals surface area contributed by atoms with Crippen LogP contribution in [0.2, 0.25) is 5.02 Å². The van der Waals surface area contributed by atoms with Crippen LogP contribution in [0, 0.1) is 6.92 Å². The van der Waals surface area contributed by atoms with Crippen LogP contribution in [0.3, 0.4) is 0 Å². The monoisotopic (exact) mass is 655 g/mol. The minimum Gasteiger partial charge on any atom is -0.497 e. The predicted octanol–water partition coefficient (Wildman–Crippen LogP) is 6.12. The molecule has 0 bridgehead atoms. The highest BCUT2D eigenvalue weighted by molar-refractivity contribution is 7.92. The fraction of sp³-hybridized carbons (Fsp3) is 0.412. The van der Waals surface area contributed by atoms with Gasteiger partial charge in [0.25, 0.3) is 10.0 Å². The van der Waals surface area contributed by atoms with Gasteiger partial charge in [0, 0.05) is 23.7 Å². The smallest absolute Gasteiger partial charge is 0.264 e. The van der Waals surface area contributed by atoms with Crippen molar-refractivity contribution in [3.05, 3.63) is 82.9 Å². The summed E-state index contributed by atoms with van der Waals surface area (Å²) in [4.78, 5) is 29.6. The maximum atomic E-state index is 14.4. The van der Waals surface area contributed by atoms with Crippen LogP contribution in [0.5, 0.6) is 11.5 Å². The number of nitrogens with zero attached hydrogens (tertiary/aromatic N) is 2. The molecule has 0 unspecified atom stereocenters. The van der Waals surface area contributed by atoms with E-state index in [1.54, 1.807) is 48.5 Å². The van der Waals surface area contributed by atoms with E-state index in [4.69, 9.17) is 21.1 Å². The van der Waals surface area contributed by atoms with E-state index in [2.05, 4.69) is 5.32 Å². The molecule has 4 rings (SSSR count). The molecule has 1 aliphatic carbocycles. The molecule has 1 fully saturated rings. The maximum absolute atomic E-state index is 14.4. The molecule has 1 atom stereocenters. The molecule has 0 aliphatic heterocycles. The lowest BCUT2D eigenvalue weighted by atomic mass is 9.95. The molecule has 9 nitrogen and oxygen atoms in total. The third kappa shape index (κ3) is 8.49. The molecule has 3 aromatic rings. The van der Waals surface area contributed by atoms with Crippen LogP contribution in [-0.2, 0) is 26.2 Å². The molecule has 0 spiro atoms. The van der Waals surface area contributed by atoms with Crippen molar-refractivity contribution < 1.29 is 27.5 Å². The van der Waals surface area contributed by atoms with E-state index in [9.17, 15) is 18.0 Å². The molecule has 0 aromatic heterocycles. The Kier molecular flexibility index (Phi) is 11.7. The van der Waals surface area contributed by atoms with Gasteiger partial charge in [-0.05, 0) is 68.1 Å². The molecular formula is C34H42ClN3O6S. The first kappa shape index (κ1) is 34.1. The number of sulfonamides is 1. The van der Waals surface area contributed by atoms with Crippen molar-refractivity contribution in [3.63, 3.8) is 0 Å². The Morgan fingerprint density at radius 1 is 0.956 bits per heavy atom. The van der Waals surface area contributed by atoms with Crippen LogP contribution in [0.1, 0.15) is 56.6 Å². The number of hydrogen-bond acceptors (Lipinski definition) is 6. The lowest BCUT2D eigenvalue weighted by Crippen LogP contribution is -2.54. The minimum absolute atomic E-state index is 0.0112. The van der Waals surface area contributed by atoms with Crippen molar-refractivity contribution in [1.29, 1.82) is 0 Å². The molecule has 0 heterocycles. The molecular weight excluding hydrogens is 614 g/mol. The largest absolute Gasteiger partial charge is 0.497 e. The molecule has 1 N–H and O–H groups in total. The number of halogens is 1. The standard InChI is InChI=1S/C34H42ClN3O6S/c1-5-30(34(40)36-27-9-7-6-8-10-27)37(22-25-13-15-26(35)16-14-25)33(39)23-38(31-21-28(43-3)17-20-32(31)44-4)45(41,42)29-18-11-24(2)12-19-29/h11-21,27,30H,5-10,22-23H2,1-4H3,(H,36,40)/t30-/m1/s1. The number of rotatable bonds is 13. The number of amides is 2. The second-order valence-corrected chi connectivity index (χ2v) is 13.6. The van der Waals surface area contributed by atoms with Gasteiger partial charge in [0.05, 0.1) is 24.8 Å². The van der Waals surface area contributed by atoms with E-state index >= 15 is 0 Å². The zero-order chi connectivity index (χ0) is 32.6. The molecule has 45 heavy (non-hydrogen) atoms. The van der Waals surface area contributed by atoms with Gasteiger partial charge in [-0.2, -0.15) is 0 Å². The molecule has 1 saturated carbocycles. The van der Waals surface area contributed by atoms with Gasteiger partial charge >= 0.3 is 0 Å². The Morgan fingerprint density at radius 2 is 1.62 bits per heavy atom. The third-order valence-corrected chi connectivity index (χ3v) is 10.2.